The van der Waals surface area contributed by atoms with E-state index in [2.05, 4.69) is 41.4 Å². The number of fused-ring (bicyclic) bond motifs is 1. The summed E-state index contributed by atoms with van der Waals surface area (Å²) in [6.45, 7) is 7.29. The van der Waals surface area contributed by atoms with E-state index in [1.807, 2.05) is 0 Å². The summed E-state index contributed by atoms with van der Waals surface area (Å²) in [5.74, 6) is -0.403. The Bertz CT molecular complexity index is 1010. The van der Waals surface area contributed by atoms with Crippen LogP contribution in [0, 0.1) is 19.7 Å². The molecule has 0 unspecified atom stereocenters. The van der Waals surface area contributed by atoms with Crippen LogP contribution >= 0.6 is 0 Å². The summed E-state index contributed by atoms with van der Waals surface area (Å²) >= 11 is 0. The molecule has 1 aliphatic heterocycles. The van der Waals surface area contributed by atoms with Crippen molar-refractivity contribution in [2.75, 3.05) is 32.8 Å². The third kappa shape index (κ3) is 4.18. The number of benzene rings is 2. The molecule has 1 amide bonds. The predicted octanol–water partition coefficient (Wildman–Crippen LogP) is 3.99. The van der Waals surface area contributed by atoms with Gasteiger partial charge in [-0.1, -0.05) is 29.8 Å². The average molecular weight is 396 g/mol. The lowest BCUT2D eigenvalue weighted by Crippen LogP contribution is -2.43. The SMILES string of the molecule is Cc1ccc([C@@H](CNC(=O)c2oc3ccc(F)cc3c2C)N2CCOCC2)cc1. The van der Waals surface area contributed by atoms with Crippen molar-refractivity contribution in [3.63, 3.8) is 0 Å². The van der Waals surface area contributed by atoms with Crippen molar-refractivity contribution in [1.29, 1.82) is 0 Å². The minimum atomic E-state index is -0.347. The summed E-state index contributed by atoms with van der Waals surface area (Å²) in [4.78, 5) is 15.2. The van der Waals surface area contributed by atoms with Crippen molar-refractivity contribution in [1.82, 2.24) is 10.2 Å². The zero-order valence-electron chi connectivity index (χ0n) is 16.7. The van der Waals surface area contributed by atoms with Gasteiger partial charge in [-0.2, -0.15) is 0 Å². The molecule has 6 heteroatoms. The van der Waals surface area contributed by atoms with Gasteiger partial charge >= 0.3 is 0 Å². The topological polar surface area (TPSA) is 54.7 Å². The van der Waals surface area contributed by atoms with Crippen molar-refractivity contribution in [3.8, 4) is 0 Å². The summed E-state index contributed by atoms with van der Waals surface area (Å²) in [5, 5.41) is 3.64. The number of furan rings is 1. The molecule has 1 N–H and O–H groups in total. The van der Waals surface area contributed by atoms with E-state index in [1.54, 1.807) is 13.0 Å². The van der Waals surface area contributed by atoms with Gasteiger partial charge in [-0.05, 0) is 37.6 Å². The maximum atomic E-state index is 13.5. The molecule has 1 saturated heterocycles. The van der Waals surface area contributed by atoms with E-state index in [4.69, 9.17) is 9.15 Å². The summed E-state index contributed by atoms with van der Waals surface area (Å²) in [6, 6.07) is 12.7. The number of ether oxygens (including phenoxy) is 1. The molecule has 1 aliphatic rings. The summed E-state index contributed by atoms with van der Waals surface area (Å²) in [7, 11) is 0. The van der Waals surface area contributed by atoms with E-state index in [-0.39, 0.29) is 23.5 Å². The van der Waals surface area contributed by atoms with Gasteiger partial charge in [-0.25, -0.2) is 4.39 Å². The third-order valence-electron chi connectivity index (χ3n) is 5.51. The van der Waals surface area contributed by atoms with Gasteiger partial charge in [0, 0.05) is 30.6 Å². The molecule has 3 aromatic rings. The highest BCUT2D eigenvalue weighted by Gasteiger charge is 2.25. The maximum Gasteiger partial charge on any atom is 0.287 e. The Morgan fingerprint density at radius 2 is 1.86 bits per heavy atom. The smallest absolute Gasteiger partial charge is 0.287 e. The zero-order chi connectivity index (χ0) is 20.4. The molecular weight excluding hydrogens is 371 g/mol. The van der Waals surface area contributed by atoms with E-state index >= 15 is 0 Å². The maximum absolute atomic E-state index is 13.5. The number of hydrogen-bond donors (Lipinski definition) is 1. The van der Waals surface area contributed by atoms with Gasteiger partial charge in [0.25, 0.3) is 5.91 Å². The van der Waals surface area contributed by atoms with Gasteiger partial charge in [0.1, 0.15) is 11.4 Å². The quantitative estimate of drug-likeness (QED) is 0.709. The molecule has 0 aliphatic carbocycles. The standard InChI is InChI=1S/C23H25FN2O3/c1-15-3-5-17(6-4-15)20(26-9-11-28-12-10-26)14-25-23(27)22-16(2)19-13-18(24)7-8-21(19)29-22/h3-8,13,20H,9-12,14H2,1-2H3,(H,25,27)/t20-/m1/s1. The van der Waals surface area contributed by atoms with Crippen LogP contribution in [-0.4, -0.2) is 43.7 Å². The molecule has 2 aromatic carbocycles. The number of morpholine rings is 1. The first-order valence-corrected chi connectivity index (χ1v) is 9.88. The van der Waals surface area contributed by atoms with Crippen molar-refractivity contribution in [2.45, 2.75) is 19.9 Å². The molecule has 5 nitrogen and oxygen atoms in total. The normalized spacial score (nSPS) is 16.1. The van der Waals surface area contributed by atoms with E-state index in [0.29, 0.717) is 36.3 Å². The largest absolute Gasteiger partial charge is 0.451 e. The van der Waals surface area contributed by atoms with Crippen molar-refractivity contribution in [3.05, 3.63) is 70.7 Å². The van der Waals surface area contributed by atoms with Gasteiger partial charge in [-0.15, -0.1) is 0 Å². The average Bonchev–Trinajstić information content (AvgIpc) is 3.06. The van der Waals surface area contributed by atoms with E-state index in [9.17, 15) is 9.18 Å². The molecule has 2 heterocycles. The number of nitrogens with zero attached hydrogens (tertiary/aromatic N) is 1. The zero-order valence-corrected chi connectivity index (χ0v) is 16.7. The Balaban J connectivity index is 1.54. The van der Waals surface area contributed by atoms with Gasteiger partial charge in [-0.3, -0.25) is 9.69 Å². The first kappa shape index (κ1) is 19.6. The Kier molecular flexibility index (Phi) is 5.65. The number of hydrogen-bond acceptors (Lipinski definition) is 4. The fraction of sp³-hybridized carbons (Fsp3) is 0.348. The molecule has 4 rings (SSSR count). The Morgan fingerprint density at radius 3 is 2.59 bits per heavy atom. The van der Waals surface area contributed by atoms with Crippen LogP contribution in [0.2, 0.25) is 0 Å². The lowest BCUT2D eigenvalue weighted by molar-refractivity contribution is 0.0161. The van der Waals surface area contributed by atoms with Gasteiger partial charge in [0.05, 0.1) is 19.3 Å². The van der Waals surface area contributed by atoms with Crippen molar-refractivity contribution >= 4 is 16.9 Å². The molecular formula is C23H25FN2O3. The van der Waals surface area contributed by atoms with Crippen LogP contribution < -0.4 is 5.32 Å². The summed E-state index contributed by atoms with van der Waals surface area (Å²) in [6.07, 6.45) is 0. The summed E-state index contributed by atoms with van der Waals surface area (Å²) < 4.78 is 24.7. The highest BCUT2D eigenvalue weighted by atomic mass is 19.1. The van der Waals surface area contributed by atoms with Gasteiger partial charge < -0.3 is 14.5 Å². The number of halogens is 1. The molecule has 1 aromatic heterocycles. The number of amides is 1. The van der Waals surface area contributed by atoms with E-state index in [0.717, 1.165) is 18.7 Å². The Morgan fingerprint density at radius 1 is 1.14 bits per heavy atom. The van der Waals surface area contributed by atoms with E-state index in [1.165, 1.54) is 17.7 Å². The summed E-state index contributed by atoms with van der Waals surface area (Å²) in [5.41, 5.74) is 3.51. The molecule has 0 radical (unpaired) electrons. The fourth-order valence-corrected chi connectivity index (χ4v) is 3.81. The molecule has 0 saturated carbocycles. The minimum absolute atomic E-state index is 0.0468. The minimum Gasteiger partial charge on any atom is -0.451 e. The molecule has 29 heavy (non-hydrogen) atoms. The molecule has 0 spiro atoms. The first-order valence-electron chi connectivity index (χ1n) is 9.88. The molecule has 152 valence electrons. The lowest BCUT2D eigenvalue weighted by Gasteiger charge is -2.35. The number of aryl methyl sites for hydroxylation is 2. The van der Waals surface area contributed by atoms with Crippen LogP contribution in [0.15, 0.2) is 46.9 Å². The van der Waals surface area contributed by atoms with Crippen LogP contribution in [0.4, 0.5) is 4.39 Å². The second-order valence-corrected chi connectivity index (χ2v) is 7.48. The fourth-order valence-electron chi connectivity index (χ4n) is 3.81. The second-order valence-electron chi connectivity index (χ2n) is 7.48. The van der Waals surface area contributed by atoms with E-state index < -0.39 is 0 Å². The highest BCUT2D eigenvalue weighted by Crippen LogP contribution is 2.27. The second kappa shape index (κ2) is 8.35. The Hall–Kier alpha value is -2.70. The van der Waals surface area contributed by atoms with Gasteiger partial charge in [0.2, 0.25) is 0 Å². The van der Waals surface area contributed by atoms with Crippen LogP contribution in [-0.2, 0) is 4.74 Å². The molecule has 1 atom stereocenters. The van der Waals surface area contributed by atoms with Crippen LogP contribution in [0.25, 0.3) is 11.0 Å². The van der Waals surface area contributed by atoms with Crippen molar-refractivity contribution in [2.24, 2.45) is 0 Å². The predicted molar refractivity (Wildman–Crippen MR) is 110 cm³/mol. The number of nitrogens with one attached hydrogen (secondary N) is 1. The molecule has 0 bridgehead atoms. The Labute approximate surface area is 169 Å². The monoisotopic (exact) mass is 396 g/mol. The molecule has 1 fully saturated rings. The first-order chi connectivity index (χ1) is 14.0. The highest BCUT2D eigenvalue weighted by molar-refractivity contribution is 5.98. The van der Waals surface area contributed by atoms with Crippen molar-refractivity contribution < 1.29 is 18.3 Å². The van der Waals surface area contributed by atoms with Gasteiger partial charge in [0.15, 0.2) is 5.76 Å². The van der Waals surface area contributed by atoms with Crippen LogP contribution in [0.3, 0.4) is 0 Å². The number of rotatable bonds is 5. The lowest BCUT2D eigenvalue weighted by atomic mass is 10.0. The number of carbonyl (C=O) groups excluding carboxylic acids is 1. The third-order valence-corrected chi connectivity index (χ3v) is 5.51. The van der Waals surface area contributed by atoms with Crippen LogP contribution in [0.1, 0.15) is 33.3 Å². The van der Waals surface area contributed by atoms with Crippen LogP contribution in [0.5, 0.6) is 0 Å². The number of carbonyl (C=O) groups is 1.